The summed E-state index contributed by atoms with van der Waals surface area (Å²) in [5.74, 6) is -1.28. The van der Waals surface area contributed by atoms with Crippen molar-refractivity contribution >= 4 is 150 Å². The van der Waals surface area contributed by atoms with Crippen LogP contribution in [0.5, 0.6) is 11.6 Å². The maximum absolute atomic E-state index is 13.4. The van der Waals surface area contributed by atoms with Crippen molar-refractivity contribution in [1.82, 2.24) is 19.6 Å². The predicted molar refractivity (Wildman–Crippen MR) is 278 cm³/mol. The first-order valence-electron chi connectivity index (χ1n) is 20.8. The number of rotatable bonds is 19. The minimum absolute atomic E-state index is 0.00859. The zero-order valence-corrected chi connectivity index (χ0v) is 44.6. The fourth-order valence-electron chi connectivity index (χ4n) is 6.80. The van der Waals surface area contributed by atoms with Crippen molar-refractivity contribution in [1.29, 1.82) is 5.26 Å². The van der Waals surface area contributed by atoms with Crippen molar-refractivity contribution in [2.45, 2.75) is 25.9 Å². The van der Waals surface area contributed by atoms with E-state index in [1.165, 1.54) is 35.2 Å². The molecule has 0 saturated heterocycles. The third-order valence-electron chi connectivity index (χ3n) is 9.89. The lowest BCUT2D eigenvalue weighted by atomic mass is 10.1. The number of carbonyl (C=O) groups is 1. The van der Waals surface area contributed by atoms with Crippen molar-refractivity contribution in [2.75, 3.05) is 23.1 Å². The molecule has 0 bridgehead atoms. The molecule has 0 aliphatic carbocycles. The van der Waals surface area contributed by atoms with Gasteiger partial charge in [0.25, 0.3) is 41.4 Å². The summed E-state index contributed by atoms with van der Waals surface area (Å²) in [4.78, 5) is 15.6. The summed E-state index contributed by atoms with van der Waals surface area (Å²) in [5.41, 5.74) is -1.43. The Kier molecular flexibility index (Phi) is 18.8. The van der Waals surface area contributed by atoms with Gasteiger partial charge < -0.3 is 15.5 Å². The van der Waals surface area contributed by atoms with E-state index in [4.69, 9.17) is 15.1 Å². The fraction of sp³-hybridized carbons (Fsp3) is 0.0976. The van der Waals surface area contributed by atoms with E-state index in [9.17, 15) is 54.6 Å². The molecule has 5 aromatic carbocycles. The van der Waals surface area contributed by atoms with E-state index in [2.05, 4.69) is 69.9 Å². The number of nitrogens with zero attached hydrogens (tertiary/aromatic N) is 11. The number of nitrogens with one attached hydrogen (secondary N) is 1. The molecule has 1 amide bonds. The summed E-state index contributed by atoms with van der Waals surface area (Å²) in [5, 5.41) is 91.7. The molecule has 0 unspecified atom stereocenters. The van der Waals surface area contributed by atoms with E-state index in [1.807, 2.05) is 6.07 Å². The van der Waals surface area contributed by atoms with Gasteiger partial charge in [0.05, 0.1) is 39.9 Å². The summed E-state index contributed by atoms with van der Waals surface area (Å²) in [6.45, 7) is 1.45. The highest BCUT2D eigenvalue weighted by Gasteiger charge is 2.27. The second-order valence-corrected chi connectivity index (χ2v) is 23.0. The summed E-state index contributed by atoms with van der Waals surface area (Å²) in [6.07, 6.45) is 0.715. The minimum Gasteiger partial charge on any atom is -0.505 e. The third-order valence-corrected chi connectivity index (χ3v) is 15.1. The molecule has 0 fully saturated rings. The summed E-state index contributed by atoms with van der Waals surface area (Å²) in [6, 6.07) is 21.4. The van der Waals surface area contributed by atoms with Gasteiger partial charge in [0.15, 0.2) is 21.4 Å². The average Bonchev–Trinajstić information content (AvgIpc) is 4.04. The standard InChI is InChI=1S/C40H28N12O15S6.CH4O3S/c1-19-23(18-41)36-42-24-9-5-6-10-29(24)52(36)38(55)32(19)47-44-25-12-11-21-22(35(25)73(61,62)63)15-30(71-67-65-57)33(34(21)53)48-46-28-16-26(43-37(54)20-7-3-2-4-8-20)27(17-31(28)72(58,59)60)45-49-39-50-51-40(70-39)68-13-14-69-66-64-56;1-5(2,3)4/h2-12,15-17,53,55-57H,13-14H2,1H3,(H,43,54)(H,58,59,60)(H,61,62,63);1H3,(H,2,3,4). The highest BCUT2D eigenvalue weighted by atomic mass is 32.2. The summed E-state index contributed by atoms with van der Waals surface area (Å²) in [7, 11) is -14.2. The molecule has 3 aromatic heterocycles. The van der Waals surface area contributed by atoms with Crippen LogP contribution in [0.1, 0.15) is 21.5 Å². The predicted octanol–water partition coefficient (Wildman–Crippen LogP) is 10.2. The Morgan fingerprint density at radius 1 is 0.782 bits per heavy atom. The molecule has 0 aliphatic heterocycles. The van der Waals surface area contributed by atoms with Crippen molar-refractivity contribution in [2.24, 2.45) is 30.7 Å². The van der Waals surface area contributed by atoms with Crippen molar-refractivity contribution < 1.29 is 83.2 Å². The first kappa shape index (κ1) is 58.5. The Bertz CT molecular complexity index is 4100. The lowest BCUT2D eigenvalue weighted by molar-refractivity contribution is -0.432. The first-order chi connectivity index (χ1) is 37.0. The van der Waals surface area contributed by atoms with Gasteiger partial charge in [0.2, 0.25) is 5.88 Å². The molecule has 0 radical (unpaired) electrons. The number of anilines is 1. The fourth-order valence-corrected chi connectivity index (χ4v) is 10.8. The van der Waals surface area contributed by atoms with Crippen LogP contribution >= 0.6 is 47.2 Å². The minimum atomic E-state index is -5.31. The monoisotopic (exact) mass is 1200 g/mol. The first-order valence-corrected chi connectivity index (χ1v) is 28.9. The summed E-state index contributed by atoms with van der Waals surface area (Å²) >= 11 is 3.19. The lowest BCUT2D eigenvalue weighted by Crippen LogP contribution is -2.12. The maximum atomic E-state index is 13.4. The van der Waals surface area contributed by atoms with Crippen molar-refractivity contribution in [3.63, 3.8) is 0 Å². The number of azo groups is 3. The number of phenolic OH excluding ortho intramolecular Hbond substituents is 1. The van der Waals surface area contributed by atoms with Gasteiger partial charge in [0, 0.05) is 45.4 Å². The molecule has 30 nitrogen and oxygen atoms in total. The molecule has 78 heavy (non-hydrogen) atoms. The van der Waals surface area contributed by atoms with E-state index in [1.54, 1.807) is 42.5 Å². The van der Waals surface area contributed by atoms with Crippen molar-refractivity contribution in [3.05, 3.63) is 102 Å². The van der Waals surface area contributed by atoms with E-state index in [0.29, 0.717) is 33.1 Å². The number of phenols is 1. The van der Waals surface area contributed by atoms with Gasteiger partial charge in [-0.3, -0.25) is 22.9 Å². The number of imidazole rings is 1. The SMILES string of the molecule is CS(=O)(=O)O.Cc1c(N=Nc2ccc3c(O)c(N=Nc4cc(NC(=O)c5ccccc5)c(N=Nc5nnc(SCCSOOO)s5)cc4S(=O)(=O)O)c(SOOO)cc3c2S(=O)(=O)O)c(O)n2c(nc3ccccc32)c1C#N. The van der Waals surface area contributed by atoms with Gasteiger partial charge in [0.1, 0.15) is 44.2 Å². The molecule has 37 heteroatoms. The van der Waals surface area contributed by atoms with Gasteiger partial charge in [-0.25, -0.2) is 15.5 Å². The van der Waals surface area contributed by atoms with E-state index in [0.717, 1.165) is 53.7 Å². The molecule has 0 aliphatic rings. The van der Waals surface area contributed by atoms with E-state index < -0.39 is 85.0 Å². The van der Waals surface area contributed by atoms with Gasteiger partial charge in [-0.05, 0) is 61.5 Å². The van der Waals surface area contributed by atoms with Crippen LogP contribution in [-0.4, -0.2) is 103 Å². The number of nitriles is 1. The smallest absolute Gasteiger partial charge is 0.297 e. The van der Waals surface area contributed by atoms with Crippen LogP contribution in [-0.2, 0) is 49.1 Å². The third kappa shape index (κ3) is 14.1. The molecule has 3 heterocycles. The number of pyridine rings is 1. The highest BCUT2D eigenvalue weighted by molar-refractivity contribution is 8.02. The van der Waals surface area contributed by atoms with Crippen LogP contribution < -0.4 is 5.32 Å². The second-order valence-electron chi connectivity index (χ2n) is 15.0. The number of carbonyl (C=O) groups excluding carboxylic acids is 1. The molecule has 8 N–H and O–H groups in total. The van der Waals surface area contributed by atoms with Crippen LogP contribution in [0.25, 0.3) is 27.5 Å². The average molecular weight is 1210 g/mol. The zero-order chi connectivity index (χ0) is 56.5. The Hall–Kier alpha value is -7.23. The molecular formula is C41H32N12O18S7. The normalized spacial score (nSPS) is 12.3. The number of para-hydroxylation sites is 2. The number of thioether (sulfide) groups is 1. The number of fused-ring (bicyclic) bond motifs is 4. The number of amides is 1. The Morgan fingerprint density at radius 2 is 1.45 bits per heavy atom. The van der Waals surface area contributed by atoms with Gasteiger partial charge >= 0.3 is 0 Å². The Balaban J connectivity index is 0.00000169. The van der Waals surface area contributed by atoms with Crippen LogP contribution in [0.3, 0.4) is 0 Å². The van der Waals surface area contributed by atoms with Crippen LogP contribution in [0.15, 0.2) is 135 Å². The van der Waals surface area contributed by atoms with Gasteiger partial charge in [-0.15, -0.1) is 49.6 Å². The quantitative estimate of drug-likeness (QED) is 0.00709. The van der Waals surface area contributed by atoms with Gasteiger partial charge in [-0.1, -0.05) is 63.5 Å². The molecule has 0 saturated carbocycles. The Morgan fingerprint density at radius 3 is 2.13 bits per heavy atom. The van der Waals surface area contributed by atoms with Crippen LogP contribution in [0.2, 0.25) is 0 Å². The highest BCUT2D eigenvalue weighted by Crippen LogP contribution is 2.49. The number of hydrogen-bond donors (Lipinski definition) is 8. The zero-order valence-electron chi connectivity index (χ0n) is 38.9. The number of benzene rings is 5. The summed E-state index contributed by atoms with van der Waals surface area (Å²) < 4.78 is 110. The molecule has 0 spiro atoms. The van der Waals surface area contributed by atoms with Crippen LogP contribution in [0.4, 0.5) is 39.3 Å². The number of aromatic hydroxyl groups is 2. The van der Waals surface area contributed by atoms with Crippen molar-refractivity contribution in [3.8, 4) is 17.7 Å². The van der Waals surface area contributed by atoms with E-state index >= 15 is 0 Å². The molecule has 0 atom stereocenters. The Labute approximate surface area is 454 Å². The van der Waals surface area contributed by atoms with E-state index in [-0.39, 0.29) is 62.0 Å². The second kappa shape index (κ2) is 25.1. The van der Waals surface area contributed by atoms with Crippen LogP contribution in [0, 0.1) is 18.3 Å². The number of aromatic nitrogens is 4. The molecular weight excluding hydrogens is 1170 g/mol. The van der Waals surface area contributed by atoms with Gasteiger partial charge in [-0.2, -0.15) is 30.5 Å². The molecule has 8 rings (SSSR count). The molecule has 406 valence electrons. The molecule has 8 aromatic rings. The lowest BCUT2D eigenvalue weighted by Gasteiger charge is -2.13. The maximum Gasteiger partial charge on any atom is 0.297 e. The topological polar surface area (TPSA) is 451 Å². The largest absolute Gasteiger partial charge is 0.505 e. The number of hydrogen-bond acceptors (Lipinski definition) is 29.